The molecule has 2 saturated carbocycles. The molecule has 0 radical (unpaired) electrons. The monoisotopic (exact) mass is 329 g/mol. The molecule has 0 unspecified atom stereocenters. The molecule has 4 rings (SSSR count). The number of nitrogens with zero attached hydrogens (tertiary/aromatic N) is 2. The third-order valence-corrected chi connectivity index (χ3v) is 4.43. The van der Waals surface area contributed by atoms with Gasteiger partial charge in [-0.05, 0) is 45.6 Å². The van der Waals surface area contributed by atoms with Crippen LogP contribution in [0.2, 0.25) is 0 Å². The van der Waals surface area contributed by atoms with Gasteiger partial charge in [0.1, 0.15) is 0 Å². The Morgan fingerprint density at radius 2 is 2.08 bits per heavy atom. The van der Waals surface area contributed by atoms with Crippen LogP contribution in [-0.4, -0.2) is 34.2 Å². The van der Waals surface area contributed by atoms with Crippen LogP contribution < -0.4 is 5.32 Å². The van der Waals surface area contributed by atoms with Gasteiger partial charge in [-0.3, -0.25) is 4.79 Å². The van der Waals surface area contributed by atoms with Crippen LogP contribution in [0.4, 0.5) is 0 Å². The molecular formula is C17H19N3O4. The molecule has 0 spiro atoms. The topological polar surface area (TPSA) is 94.3 Å². The zero-order valence-electron chi connectivity index (χ0n) is 13.7. The fraction of sp³-hybridized carbons (Fsp3) is 0.529. The molecule has 2 heterocycles. The average molecular weight is 329 g/mol. The number of amides is 1. The predicted octanol–water partition coefficient (Wildman–Crippen LogP) is 2.23. The van der Waals surface area contributed by atoms with Crippen molar-refractivity contribution in [3.63, 3.8) is 0 Å². The number of nitrogens with one attached hydrogen (secondary N) is 1. The third kappa shape index (κ3) is 2.86. The summed E-state index contributed by atoms with van der Waals surface area (Å²) in [5, 5.41) is 7.29. The van der Waals surface area contributed by atoms with Crippen LogP contribution in [0.1, 0.15) is 60.3 Å². The van der Waals surface area contributed by atoms with E-state index in [0.29, 0.717) is 28.3 Å². The Morgan fingerprint density at radius 3 is 2.75 bits per heavy atom. The first kappa shape index (κ1) is 15.1. The van der Waals surface area contributed by atoms with Crippen molar-refractivity contribution in [3.05, 3.63) is 23.0 Å². The molecule has 2 aromatic rings. The molecule has 1 amide bonds. The van der Waals surface area contributed by atoms with Crippen LogP contribution in [0.5, 0.6) is 0 Å². The molecule has 2 aliphatic carbocycles. The lowest BCUT2D eigenvalue weighted by molar-refractivity contribution is -0.129. The average Bonchev–Trinajstić information content (AvgIpc) is 3.46. The highest BCUT2D eigenvalue weighted by Gasteiger charge is 2.31. The van der Waals surface area contributed by atoms with E-state index in [9.17, 15) is 9.59 Å². The van der Waals surface area contributed by atoms with Gasteiger partial charge >= 0.3 is 5.97 Å². The van der Waals surface area contributed by atoms with Crippen molar-refractivity contribution in [1.29, 1.82) is 0 Å². The van der Waals surface area contributed by atoms with Crippen molar-refractivity contribution in [3.8, 4) is 0 Å². The summed E-state index contributed by atoms with van der Waals surface area (Å²) >= 11 is 0. The summed E-state index contributed by atoms with van der Waals surface area (Å²) in [6.07, 6.45) is 3.25. The number of hydrogen-bond donors (Lipinski definition) is 1. The fourth-order valence-corrected chi connectivity index (χ4v) is 2.69. The second-order valence-electron chi connectivity index (χ2n) is 6.65. The molecule has 1 atom stereocenters. The zero-order chi connectivity index (χ0) is 16.8. The molecule has 126 valence electrons. The summed E-state index contributed by atoms with van der Waals surface area (Å²) in [5.41, 5.74) is 2.12. The quantitative estimate of drug-likeness (QED) is 0.845. The van der Waals surface area contributed by atoms with Gasteiger partial charge in [0, 0.05) is 17.7 Å². The Morgan fingerprint density at radius 1 is 1.33 bits per heavy atom. The first-order valence-corrected chi connectivity index (χ1v) is 8.31. The van der Waals surface area contributed by atoms with Crippen LogP contribution in [-0.2, 0) is 9.53 Å². The van der Waals surface area contributed by atoms with Crippen molar-refractivity contribution >= 4 is 23.0 Å². The lowest BCUT2D eigenvalue weighted by Gasteiger charge is -2.14. The molecule has 0 aromatic carbocycles. The summed E-state index contributed by atoms with van der Waals surface area (Å²) in [6.45, 7) is 3.33. The Balaban J connectivity index is 1.60. The minimum Gasteiger partial charge on any atom is -0.449 e. The van der Waals surface area contributed by atoms with Crippen LogP contribution in [0, 0.1) is 6.92 Å². The van der Waals surface area contributed by atoms with Gasteiger partial charge in [0.15, 0.2) is 6.10 Å². The second-order valence-corrected chi connectivity index (χ2v) is 6.65. The minimum absolute atomic E-state index is 0.230. The number of fused-ring (bicyclic) bond motifs is 1. The second kappa shape index (κ2) is 5.58. The van der Waals surface area contributed by atoms with E-state index in [2.05, 4.69) is 15.5 Å². The molecule has 0 aliphatic heterocycles. The lowest BCUT2D eigenvalue weighted by atomic mass is 10.1. The number of esters is 1. The summed E-state index contributed by atoms with van der Waals surface area (Å²) < 4.78 is 10.6. The number of carbonyl (C=O) groups excluding carboxylic acids is 2. The molecule has 0 saturated heterocycles. The van der Waals surface area contributed by atoms with E-state index in [1.807, 2.05) is 0 Å². The van der Waals surface area contributed by atoms with E-state index in [4.69, 9.17) is 9.26 Å². The maximum Gasteiger partial charge on any atom is 0.339 e. The highest BCUT2D eigenvalue weighted by molar-refractivity contribution is 6.04. The summed E-state index contributed by atoms with van der Waals surface area (Å²) in [7, 11) is 0. The van der Waals surface area contributed by atoms with Crippen molar-refractivity contribution in [2.24, 2.45) is 0 Å². The number of carbonyl (C=O) groups is 2. The maximum absolute atomic E-state index is 12.6. The molecule has 2 fully saturated rings. The Kier molecular flexibility index (Phi) is 3.51. The molecule has 0 bridgehead atoms. The highest BCUT2D eigenvalue weighted by Crippen LogP contribution is 2.40. The molecule has 7 heteroatoms. The largest absolute Gasteiger partial charge is 0.449 e. The van der Waals surface area contributed by atoms with Crippen LogP contribution in [0.3, 0.4) is 0 Å². The van der Waals surface area contributed by atoms with Crippen LogP contribution in [0.25, 0.3) is 11.1 Å². The summed E-state index contributed by atoms with van der Waals surface area (Å²) in [6, 6.07) is 1.98. The van der Waals surface area contributed by atoms with Crippen molar-refractivity contribution in [1.82, 2.24) is 15.5 Å². The molecular weight excluding hydrogens is 310 g/mol. The highest BCUT2D eigenvalue weighted by atomic mass is 16.5. The zero-order valence-corrected chi connectivity index (χ0v) is 13.7. The van der Waals surface area contributed by atoms with E-state index >= 15 is 0 Å². The van der Waals surface area contributed by atoms with Gasteiger partial charge in [-0.1, -0.05) is 5.16 Å². The molecule has 2 aromatic heterocycles. The summed E-state index contributed by atoms with van der Waals surface area (Å²) in [5.74, 6) is -0.448. The third-order valence-electron chi connectivity index (χ3n) is 4.43. The minimum atomic E-state index is -0.842. The standard InChI is InChI=1S/C17H19N3O4/c1-8-14-12(7-13(10-3-4-10)19-16(14)24-20-8)17(22)23-9(2)15(21)18-11-5-6-11/h7,9-11H,3-6H2,1-2H3,(H,18,21)/t9-/m1/s1. The summed E-state index contributed by atoms with van der Waals surface area (Å²) in [4.78, 5) is 29.1. The molecule has 7 nitrogen and oxygen atoms in total. The van der Waals surface area contributed by atoms with Crippen molar-refractivity contribution in [2.45, 2.75) is 57.6 Å². The van der Waals surface area contributed by atoms with E-state index in [1.54, 1.807) is 19.9 Å². The van der Waals surface area contributed by atoms with Gasteiger partial charge in [0.05, 0.1) is 16.6 Å². The van der Waals surface area contributed by atoms with E-state index in [-0.39, 0.29) is 11.9 Å². The van der Waals surface area contributed by atoms with E-state index in [1.165, 1.54) is 0 Å². The molecule has 2 aliphatic rings. The fourth-order valence-electron chi connectivity index (χ4n) is 2.69. The number of pyridine rings is 1. The van der Waals surface area contributed by atoms with Crippen molar-refractivity contribution in [2.75, 3.05) is 0 Å². The number of aryl methyl sites for hydroxylation is 1. The Hall–Kier alpha value is -2.44. The molecule has 1 N–H and O–H groups in total. The van der Waals surface area contributed by atoms with E-state index in [0.717, 1.165) is 31.4 Å². The number of hydrogen-bond acceptors (Lipinski definition) is 6. The maximum atomic E-state index is 12.6. The number of ether oxygens (including phenoxy) is 1. The van der Waals surface area contributed by atoms with Crippen molar-refractivity contribution < 1.29 is 18.8 Å². The predicted molar refractivity (Wildman–Crippen MR) is 84.6 cm³/mol. The number of rotatable bonds is 5. The van der Waals surface area contributed by atoms with Crippen LogP contribution >= 0.6 is 0 Å². The SMILES string of the molecule is Cc1noc2nc(C3CC3)cc(C(=O)O[C@H](C)C(=O)NC3CC3)c12. The van der Waals surface area contributed by atoms with Crippen LogP contribution in [0.15, 0.2) is 10.6 Å². The Bertz CT molecular complexity index is 821. The molecule has 24 heavy (non-hydrogen) atoms. The van der Waals surface area contributed by atoms with Gasteiger partial charge < -0.3 is 14.6 Å². The number of aromatic nitrogens is 2. The first-order valence-electron chi connectivity index (χ1n) is 8.31. The smallest absolute Gasteiger partial charge is 0.339 e. The Labute approximate surface area is 138 Å². The van der Waals surface area contributed by atoms with Gasteiger partial charge in [0.2, 0.25) is 0 Å². The van der Waals surface area contributed by atoms with Gasteiger partial charge in [-0.25, -0.2) is 9.78 Å². The first-order chi connectivity index (χ1) is 11.5. The van der Waals surface area contributed by atoms with E-state index < -0.39 is 12.1 Å². The lowest BCUT2D eigenvalue weighted by Crippen LogP contribution is -2.37. The van der Waals surface area contributed by atoms with Gasteiger partial charge in [-0.2, -0.15) is 0 Å². The van der Waals surface area contributed by atoms with Gasteiger partial charge in [-0.15, -0.1) is 0 Å². The van der Waals surface area contributed by atoms with Gasteiger partial charge in [0.25, 0.3) is 11.6 Å². The normalized spacial score (nSPS) is 18.4.